The molecule has 1 aromatic carbocycles. The van der Waals surface area contributed by atoms with Crippen molar-refractivity contribution in [1.29, 1.82) is 0 Å². The van der Waals surface area contributed by atoms with E-state index in [1.807, 2.05) is 36.4 Å². The van der Waals surface area contributed by atoms with Crippen molar-refractivity contribution in [3.63, 3.8) is 0 Å². The standard InChI is InChI=1S/C14H13Cl2N3S/c15-11-4-3-5-12(16)10(11)7-9-18-14(20)19-13-6-1-2-8-17-13/h1-6,8H,7,9H2,(H2,17,18,19,20). The molecule has 0 aliphatic carbocycles. The summed E-state index contributed by atoms with van der Waals surface area (Å²) in [5.74, 6) is 0.709. The molecule has 0 spiro atoms. The van der Waals surface area contributed by atoms with Gasteiger partial charge in [-0.2, -0.15) is 0 Å². The molecule has 0 saturated heterocycles. The van der Waals surface area contributed by atoms with Gasteiger partial charge in [-0.25, -0.2) is 4.98 Å². The molecule has 20 heavy (non-hydrogen) atoms. The number of hydrogen-bond acceptors (Lipinski definition) is 2. The minimum absolute atomic E-state index is 0.520. The highest BCUT2D eigenvalue weighted by Gasteiger charge is 2.05. The Morgan fingerprint density at radius 2 is 1.85 bits per heavy atom. The van der Waals surface area contributed by atoms with Gasteiger partial charge in [0.1, 0.15) is 5.82 Å². The number of nitrogens with zero attached hydrogens (tertiary/aromatic N) is 1. The van der Waals surface area contributed by atoms with Crippen molar-refractivity contribution in [1.82, 2.24) is 10.3 Å². The number of pyridine rings is 1. The Morgan fingerprint density at radius 3 is 2.50 bits per heavy atom. The van der Waals surface area contributed by atoms with Crippen LogP contribution in [-0.2, 0) is 6.42 Å². The highest BCUT2D eigenvalue weighted by molar-refractivity contribution is 7.80. The maximum absolute atomic E-state index is 6.10. The van der Waals surface area contributed by atoms with Crippen molar-refractivity contribution in [3.05, 3.63) is 58.2 Å². The van der Waals surface area contributed by atoms with Gasteiger partial charge in [0.05, 0.1) is 0 Å². The van der Waals surface area contributed by atoms with Crippen LogP contribution in [0.1, 0.15) is 5.56 Å². The maximum atomic E-state index is 6.10. The number of halogens is 2. The first kappa shape index (κ1) is 15.0. The molecule has 0 atom stereocenters. The minimum atomic E-state index is 0.520. The summed E-state index contributed by atoms with van der Waals surface area (Å²) < 4.78 is 0. The zero-order valence-corrected chi connectivity index (χ0v) is 12.9. The molecule has 0 aliphatic rings. The zero-order valence-electron chi connectivity index (χ0n) is 10.6. The summed E-state index contributed by atoms with van der Waals surface area (Å²) in [4.78, 5) is 4.13. The molecular weight excluding hydrogens is 313 g/mol. The van der Waals surface area contributed by atoms with E-state index in [1.165, 1.54) is 0 Å². The van der Waals surface area contributed by atoms with E-state index in [9.17, 15) is 0 Å². The van der Waals surface area contributed by atoms with E-state index in [0.717, 1.165) is 5.56 Å². The quantitative estimate of drug-likeness (QED) is 0.835. The van der Waals surface area contributed by atoms with Crippen LogP contribution in [0.3, 0.4) is 0 Å². The van der Waals surface area contributed by atoms with Gasteiger partial charge in [-0.05, 0) is 48.5 Å². The van der Waals surface area contributed by atoms with Gasteiger partial charge in [0.2, 0.25) is 0 Å². The largest absolute Gasteiger partial charge is 0.362 e. The lowest BCUT2D eigenvalue weighted by Gasteiger charge is -2.11. The van der Waals surface area contributed by atoms with Crippen molar-refractivity contribution >= 4 is 46.4 Å². The van der Waals surface area contributed by atoms with Crippen LogP contribution >= 0.6 is 35.4 Å². The zero-order chi connectivity index (χ0) is 14.4. The average Bonchev–Trinajstić information content (AvgIpc) is 2.43. The van der Waals surface area contributed by atoms with Crippen LogP contribution < -0.4 is 10.6 Å². The average molecular weight is 326 g/mol. The van der Waals surface area contributed by atoms with Crippen molar-refractivity contribution in [3.8, 4) is 0 Å². The first-order valence-corrected chi connectivity index (χ1v) is 7.22. The van der Waals surface area contributed by atoms with E-state index in [-0.39, 0.29) is 0 Å². The third-order valence-corrected chi connectivity index (χ3v) is 3.58. The lowest BCUT2D eigenvalue weighted by Crippen LogP contribution is -2.30. The summed E-state index contributed by atoms with van der Waals surface area (Å²) in [6, 6.07) is 11.1. The fourth-order valence-corrected chi connectivity index (χ4v) is 2.46. The molecular formula is C14H13Cl2N3S. The van der Waals surface area contributed by atoms with Crippen LogP contribution in [0.15, 0.2) is 42.6 Å². The lowest BCUT2D eigenvalue weighted by molar-refractivity contribution is 0.873. The molecule has 2 aromatic rings. The second kappa shape index (κ2) is 7.43. The molecule has 0 saturated carbocycles. The molecule has 0 amide bonds. The van der Waals surface area contributed by atoms with E-state index in [1.54, 1.807) is 6.20 Å². The molecule has 0 bridgehead atoms. The normalized spacial score (nSPS) is 10.1. The van der Waals surface area contributed by atoms with Gasteiger partial charge in [0.25, 0.3) is 0 Å². The number of anilines is 1. The maximum Gasteiger partial charge on any atom is 0.171 e. The first-order chi connectivity index (χ1) is 9.66. The van der Waals surface area contributed by atoms with Gasteiger partial charge in [-0.3, -0.25) is 0 Å². The van der Waals surface area contributed by atoms with Crippen molar-refractivity contribution in [2.24, 2.45) is 0 Å². The van der Waals surface area contributed by atoms with Crippen LogP contribution in [0.5, 0.6) is 0 Å². The highest BCUT2D eigenvalue weighted by atomic mass is 35.5. The second-order valence-electron chi connectivity index (χ2n) is 4.05. The smallest absolute Gasteiger partial charge is 0.171 e. The number of rotatable bonds is 4. The third kappa shape index (κ3) is 4.34. The van der Waals surface area contributed by atoms with Crippen LogP contribution in [0.2, 0.25) is 10.0 Å². The Kier molecular flexibility index (Phi) is 5.59. The van der Waals surface area contributed by atoms with E-state index >= 15 is 0 Å². The van der Waals surface area contributed by atoms with Gasteiger partial charge in [0, 0.05) is 22.8 Å². The summed E-state index contributed by atoms with van der Waals surface area (Å²) in [6.45, 7) is 0.641. The predicted octanol–water partition coefficient (Wildman–Crippen LogP) is 3.92. The van der Waals surface area contributed by atoms with E-state index in [0.29, 0.717) is 33.9 Å². The molecule has 0 unspecified atom stereocenters. The molecule has 0 fully saturated rings. The Bertz CT molecular complexity index is 570. The second-order valence-corrected chi connectivity index (χ2v) is 5.27. The summed E-state index contributed by atoms with van der Waals surface area (Å²) in [5, 5.41) is 7.96. The van der Waals surface area contributed by atoms with E-state index < -0.39 is 0 Å². The minimum Gasteiger partial charge on any atom is -0.362 e. The highest BCUT2D eigenvalue weighted by Crippen LogP contribution is 2.24. The van der Waals surface area contributed by atoms with Crippen LogP contribution in [0.25, 0.3) is 0 Å². The van der Waals surface area contributed by atoms with Crippen LogP contribution in [0.4, 0.5) is 5.82 Å². The summed E-state index contributed by atoms with van der Waals surface area (Å²) in [7, 11) is 0. The van der Waals surface area contributed by atoms with Gasteiger partial charge < -0.3 is 10.6 Å². The van der Waals surface area contributed by atoms with Gasteiger partial charge in [-0.15, -0.1) is 0 Å². The van der Waals surface area contributed by atoms with Crippen molar-refractivity contribution in [2.45, 2.75) is 6.42 Å². The molecule has 1 heterocycles. The predicted molar refractivity (Wildman–Crippen MR) is 88.6 cm³/mol. The van der Waals surface area contributed by atoms with Crippen LogP contribution in [0, 0.1) is 0 Å². The van der Waals surface area contributed by atoms with E-state index in [2.05, 4.69) is 15.6 Å². The number of hydrogen-bond donors (Lipinski definition) is 2. The Balaban J connectivity index is 1.83. The van der Waals surface area contributed by atoms with Gasteiger partial charge >= 0.3 is 0 Å². The number of aromatic nitrogens is 1. The molecule has 104 valence electrons. The monoisotopic (exact) mass is 325 g/mol. The van der Waals surface area contributed by atoms with Crippen molar-refractivity contribution in [2.75, 3.05) is 11.9 Å². The Hall–Kier alpha value is -1.36. The molecule has 3 nitrogen and oxygen atoms in total. The molecule has 2 rings (SSSR count). The molecule has 1 aromatic heterocycles. The van der Waals surface area contributed by atoms with Crippen molar-refractivity contribution < 1.29 is 0 Å². The molecule has 6 heteroatoms. The SMILES string of the molecule is S=C(NCCc1c(Cl)cccc1Cl)Nc1ccccn1. The summed E-state index contributed by atoms with van der Waals surface area (Å²) in [6.07, 6.45) is 2.40. The topological polar surface area (TPSA) is 37.0 Å². The molecule has 0 aliphatic heterocycles. The van der Waals surface area contributed by atoms with Gasteiger partial charge in [-0.1, -0.05) is 35.3 Å². The number of benzene rings is 1. The summed E-state index contributed by atoms with van der Waals surface area (Å²) in [5.41, 5.74) is 0.920. The van der Waals surface area contributed by atoms with Gasteiger partial charge in [0.15, 0.2) is 5.11 Å². The lowest BCUT2D eigenvalue weighted by atomic mass is 10.1. The first-order valence-electron chi connectivity index (χ1n) is 6.05. The van der Waals surface area contributed by atoms with Crippen LogP contribution in [-0.4, -0.2) is 16.6 Å². The fourth-order valence-electron chi connectivity index (χ4n) is 1.67. The van der Waals surface area contributed by atoms with E-state index in [4.69, 9.17) is 35.4 Å². The molecule has 2 N–H and O–H groups in total. The number of nitrogens with one attached hydrogen (secondary N) is 2. The Morgan fingerprint density at radius 1 is 1.10 bits per heavy atom. The third-order valence-electron chi connectivity index (χ3n) is 2.63. The molecule has 0 radical (unpaired) electrons. The Labute approximate surface area is 133 Å². The summed E-state index contributed by atoms with van der Waals surface area (Å²) >= 11 is 17.4. The fraction of sp³-hybridized carbons (Fsp3) is 0.143. The number of thiocarbonyl (C=S) groups is 1.